The average molecular weight is 244 g/mol. The number of amides is 1. The molecule has 0 unspecified atom stereocenters. The van der Waals surface area contributed by atoms with E-state index in [9.17, 15) is 4.79 Å². The molecule has 3 nitrogen and oxygen atoms in total. The summed E-state index contributed by atoms with van der Waals surface area (Å²) in [7, 11) is 0. The molecule has 0 radical (unpaired) electrons. The summed E-state index contributed by atoms with van der Waals surface area (Å²) in [4.78, 5) is 12.2. The number of carbonyl (C=O) groups excluding carboxylic acids is 1. The number of nitrogens with one attached hydrogen (secondary N) is 1. The van der Waals surface area contributed by atoms with E-state index < -0.39 is 0 Å². The molecule has 1 heterocycles. The zero-order chi connectivity index (χ0) is 13.1. The van der Waals surface area contributed by atoms with Crippen LogP contribution in [0.4, 0.5) is 0 Å². The summed E-state index contributed by atoms with van der Waals surface area (Å²) >= 11 is 0. The lowest BCUT2D eigenvalue weighted by Gasteiger charge is -2.09. The minimum absolute atomic E-state index is 0.0346. The van der Waals surface area contributed by atoms with Crippen molar-refractivity contribution in [2.45, 2.75) is 33.7 Å². The van der Waals surface area contributed by atoms with Gasteiger partial charge in [-0.15, -0.1) is 0 Å². The Hall–Kier alpha value is -1.77. The predicted molar refractivity (Wildman–Crippen MR) is 75.0 cm³/mol. The summed E-state index contributed by atoms with van der Waals surface area (Å²) in [5.74, 6) is 0.0346. The van der Waals surface area contributed by atoms with E-state index in [1.807, 2.05) is 19.1 Å². The van der Waals surface area contributed by atoms with Gasteiger partial charge in [0.05, 0.1) is 0 Å². The Balaban J connectivity index is 2.55. The first-order valence-electron chi connectivity index (χ1n) is 6.56. The van der Waals surface area contributed by atoms with E-state index >= 15 is 0 Å². The van der Waals surface area contributed by atoms with Crippen LogP contribution >= 0.6 is 0 Å². The van der Waals surface area contributed by atoms with Crippen LogP contribution in [-0.4, -0.2) is 17.0 Å². The van der Waals surface area contributed by atoms with E-state index in [-0.39, 0.29) is 5.91 Å². The fourth-order valence-electron chi connectivity index (χ4n) is 2.42. The third-order valence-electron chi connectivity index (χ3n) is 3.29. The van der Waals surface area contributed by atoms with Crippen LogP contribution in [0, 0.1) is 6.92 Å². The number of hydrogen-bond donors (Lipinski definition) is 1. The third kappa shape index (κ3) is 2.01. The minimum atomic E-state index is 0.0346. The lowest BCUT2D eigenvalue weighted by Crippen LogP contribution is -2.27. The zero-order valence-corrected chi connectivity index (χ0v) is 11.3. The van der Waals surface area contributed by atoms with Gasteiger partial charge in [-0.3, -0.25) is 4.79 Å². The van der Waals surface area contributed by atoms with Crippen molar-refractivity contribution in [2.75, 3.05) is 6.54 Å². The quantitative estimate of drug-likeness (QED) is 0.881. The molecule has 1 amide bonds. The largest absolute Gasteiger partial charge is 0.351 e. The van der Waals surface area contributed by atoms with Gasteiger partial charge in [0.25, 0.3) is 5.91 Å². The molecule has 1 aromatic heterocycles. The third-order valence-corrected chi connectivity index (χ3v) is 3.29. The highest BCUT2D eigenvalue weighted by atomic mass is 16.1. The van der Waals surface area contributed by atoms with Crippen molar-refractivity contribution in [3.63, 3.8) is 0 Å². The van der Waals surface area contributed by atoms with Crippen molar-refractivity contribution in [3.8, 4) is 0 Å². The normalized spacial score (nSPS) is 10.8. The molecule has 0 aliphatic heterocycles. The van der Waals surface area contributed by atoms with Gasteiger partial charge in [0.15, 0.2) is 0 Å². The molecular formula is C15H20N2O. The number of rotatable bonds is 4. The van der Waals surface area contributed by atoms with Crippen molar-refractivity contribution in [1.82, 2.24) is 9.88 Å². The predicted octanol–water partition coefficient (Wildman–Crippen LogP) is 3.11. The topological polar surface area (TPSA) is 34.0 Å². The molecule has 96 valence electrons. The summed E-state index contributed by atoms with van der Waals surface area (Å²) in [5, 5.41) is 4.13. The van der Waals surface area contributed by atoms with Gasteiger partial charge in [-0.25, -0.2) is 0 Å². The molecule has 0 aliphatic carbocycles. The Morgan fingerprint density at radius 3 is 2.67 bits per heavy atom. The SMILES string of the molecule is CCCNC(=O)c1c(C)c2ccccc2n1CC. The number of aryl methyl sites for hydroxylation is 2. The van der Waals surface area contributed by atoms with E-state index in [0.717, 1.165) is 36.3 Å². The van der Waals surface area contributed by atoms with Crippen LogP contribution in [0.15, 0.2) is 24.3 Å². The van der Waals surface area contributed by atoms with Gasteiger partial charge in [0, 0.05) is 24.0 Å². The van der Waals surface area contributed by atoms with Gasteiger partial charge in [0.1, 0.15) is 5.69 Å². The molecule has 0 bridgehead atoms. The number of carbonyl (C=O) groups is 1. The summed E-state index contributed by atoms with van der Waals surface area (Å²) < 4.78 is 2.09. The van der Waals surface area contributed by atoms with Crippen molar-refractivity contribution in [1.29, 1.82) is 0 Å². The standard InChI is InChI=1S/C15H20N2O/c1-4-10-16-15(18)14-11(3)12-8-6-7-9-13(12)17(14)5-2/h6-9H,4-5,10H2,1-3H3,(H,16,18). The molecular weight excluding hydrogens is 224 g/mol. The van der Waals surface area contributed by atoms with Crippen LogP contribution in [0.3, 0.4) is 0 Å². The number of benzene rings is 1. The summed E-state index contributed by atoms with van der Waals surface area (Å²) in [5.41, 5.74) is 3.01. The highest BCUT2D eigenvalue weighted by Gasteiger charge is 2.18. The molecule has 0 saturated heterocycles. The maximum Gasteiger partial charge on any atom is 0.268 e. The number of aromatic nitrogens is 1. The average Bonchev–Trinajstić information content (AvgIpc) is 2.69. The van der Waals surface area contributed by atoms with Crippen molar-refractivity contribution >= 4 is 16.8 Å². The van der Waals surface area contributed by atoms with Crippen molar-refractivity contribution in [3.05, 3.63) is 35.5 Å². The molecule has 18 heavy (non-hydrogen) atoms. The second-order valence-electron chi connectivity index (χ2n) is 4.49. The molecule has 0 fully saturated rings. The van der Waals surface area contributed by atoms with Gasteiger partial charge in [-0.1, -0.05) is 25.1 Å². The fraction of sp³-hybridized carbons (Fsp3) is 0.400. The van der Waals surface area contributed by atoms with E-state index in [4.69, 9.17) is 0 Å². The van der Waals surface area contributed by atoms with E-state index in [1.165, 1.54) is 5.39 Å². The van der Waals surface area contributed by atoms with Crippen LogP contribution < -0.4 is 5.32 Å². The van der Waals surface area contributed by atoms with Crippen LogP contribution in [0.25, 0.3) is 10.9 Å². The Kier molecular flexibility index (Phi) is 3.70. The van der Waals surface area contributed by atoms with Gasteiger partial charge in [0.2, 0.25) is 0 Å². The van der Waals surface area contributed by atoms with Gasteiger partial charge >= 0.3 is 0 Å². The number of nitrogens with zero attached hydrogens (tertiary/aromatic N) is 1. The highest BCUT2D eigenvalue weighted by Crippen LogP contribution is 2.25. The molecule has 2 aromatic rings. The number of fused-ring (bicyclic) bond motifs is 1. The van der Waals surface area contributed by atoms with Crippen molar-refractivity contribution in [2.24, 2.45) is 0 Å². The maximum absolute atomic E-state index is 12.2. The monoisotopic (exact) mass is 244 g/mol. The number of para-hydroxylation sites is 1. The molecule has 2 rings (SSSR count). The minimum Gasteiger partial charge on any atom is -0.351 e. The second kappa shape index (κ2) is 5.25. The van der Waals surface area contributed by atoms with Gasteiger partial charge in [-0.05, 0) is 31.9 Å². The summed E-state index contributed by atoms with van der Waals surface area (Å²) in [6.07, 6.45) is 0.955. The smallest absolute Gasteiger partial charge is 0.268 e. The van der Waals surface area contributed by atoms with Crippen LogP contribution in [-0.2, 0) is 6.54 Å². The van der Waals surface area contributed by atoms with E-state index in [2.05, 4.69) is 35.9 Å². The Morgan fingerprint density at radius 2 is 2.00 bits per heavy atom. The van der Waals surface area contributed by atoms with Crippen LogP contribution in [0.1, 0.15) is 36.3 Å². The fourth-order valence-corrected chi connectivity index (χ4v) is 2.42. The highest BCUT2D eigenvalue weighted by molar-refractivity contribution is 6.01. The lowest BCUT2D eigenvalue weighted by molar-refractivity contribution is 0.0944. The zero-order valence-electron chi connectivity index (χ0n) is 11.3. The molecule has 0 aliphatic rings. The Bertz CT molecular complexity index is 569. The van der Waals surface area contributed by atoms with E-state index in [0.29, 0.717) is 0 Å². The molecule has 1 aromatic carbocycles. The van der Waals surface area contributed by atoms with Crippen LogP contribution in [0.5, 0.6) is 0 Å². The first-order valence-corrected chi connectivity index (χ1v) is 6.56. The molecule has 0 atom stereocenters. The Labute approximate surface area is 108 Å². The lowest BCUT2D eigenvalue weighted by atomic mass is 10.1. The molecule has 0 saturated carbocycles. The van der Waals surface area contributed by atoms with E-state index in [1.54, 1.807) is 0 Å². The van der Waals surface area contributed by atoms with Crippen molar-refractivity contribution < 1.29 is 4.79 Å². The molecule has 1 N–H and O–H groups in total. The first-order chi connectivity index (χ1) is 8.70. The Morgan fingerprint density at radius 1 is 1.28 bits per heavy atom. The summed E-state index contributed by atoms with van der Waals surface area (Å²) in [6.45, 7) is 7.69. The van der Waals surface area contributed by atoms with Gasteiger partial charge < -0.3 is 9.88 Å². The second-order valence-corrected chi connectivity index (χ2v) is 4.49. The maximum atomic E-state index is 12.2. The summed E-state index contributed by atoms with van der Waals surface area (Å²) in [6, 6.07) is 8.18. The number of hydrogen-bond acceptors (Lipinski definition) is 1. The first kappa shape index (κ1) is 12.7. The molecule has 3 heteroatoms. The van der Waals surface area contributed by atoms with Gasteiger partial charge in [-0.2, -0.15) is 0 Å². The molecule has 0 spiro atoms. The van der Waals surface area contributed by atoms with Crippen LogP contribution in [0.2, 0.25) is 0 Å².